The first kappa shape index (κ1) is 22.1. The van der Waals surface area contributed by atoms with E-state index >= 15 is 0 Å². The van der Waals surface area contributed by atoms with Crippen molar-refractivity contribution in [2.45, 2.75) is 6.92 Å². The lowest BCUT2D eigenvalue weighted by molar-refractivity contribution is 0.415. The molecule has 0 spiro atoms. The van der Waals surface area contributed by atoms with Crippen LogP contribution < -0.4 is 19.7 Å². The number of aryl methyl sites for hydroxylation is 1. The first-order valence-corrected chi connectivity index (χ1v) is 12.4. The van der Waals surface area contributed by atoms with Crippen molar-refractivity contribution in [1.29, 1.82) is 0 Å². The molecule has 1 aliphatic rings. The van der Waals surface area contributed by atoms with Crippen molar-refractivity contribution < 1.29 is 13.2 Å². The molecule has 168 valence electrons. The summed E-state index contributed by atoms with van der Waals surface area (Å²) in [5, 5.41) is 3.38. The van der Waals surface area contributed by atoms with Crippen molar-refractivity contribution in [3.05, 3.63) is 60.4 Å². The van der Waals surface area contributed by atoms with Crippen molar-refractivity contribution in [3.63, 3.8) is 0 Å². The fraction of sp³-hybridized carbons (Fsp3) is 0.292. The van der Waals surface area contributed by atoms with Crippen LogP contribution >= 0.6 is 0 Å². The van der Waals surface area contributed by atoms with Crippen LogP contribution in [0.1, 0.15) is 5.69 Å². The number of aromatic nitrogens is 1. The van der Waals surface area contributed by atoms with Gasteiger partial charge in [0.05, 0.1) is 19.1 Å². The summed E-state index contributed by atoms with van der Waals surface area (Å²) in [6.45, 7) is 5.97. The van der Waals surface area contributed by atoms with Gasteiger partial charge in [0.1, 0.15) is 5.75 Å². The van der Waals surface area contributed by atoms with Crippen LogP contribution in [0.25, 0.3) is 22.3 Å². The van der Waals surface area contributed by atoms with Gasteiger partial charge in [-0.25, -0.2) is 8.42 Å². The van der Waals surface area contributed by atoms with Crippen LogP contribution in [-0.2, 0) is 10.0 Å². The van der Waals surface area contributed by atoms with E-state index in [9.17, 15) is 8.42 Å². The molecule has 2 aromatic carbocycles. The van der Waals surface area contributed by atoms with Gasteiger partial charge in [0, 0.05) is 61.0 Å². The van der Waals surface area contributed by atoms with Gasteiger partial charge >= 0.3 is 0 Å². The number of pyridine rings is 1. The maximum atomic E-state index is 11.7. The van der Waals surface area contributed by atoms with Gasteiger partial charge in [-0.2, -0.15) is 0 Å². The van der Waals surface area contributed by atoms with Gasteiger partial charge in [0.25, 0.3) is 0 Å². The fourth-order valence-electron chi connectivity index (χ4n) is 3.92. The third kappa shape index (κ3) is 5.20. The summed E-state index contributed by atoms with van der Waals surface area (Å²) in [4.78, 5) is 6.99. The second-order valence-corrected chi connectivity index (χ2v) is 9.71. The zero-order chi connectivity index (χ0) is 22.7. The molecule has 0 unspecified atom stereocenters. The first-order valence-electron chi connectivity index (χ1n) is 10.5. The summed E-state index contributed by atoms with van der Waals surface area (Å²) in [6, 6.07) is 16.0. The van der Waals surface area contributed by atoms with Crippen molar-refractivity contribution >= 4 is 21.4 Å². The standard InChI is InChI=1S/C24H28N4O3S/c1-17-24(19-12-21(27-32(3,29)30)15-23(13-19)31-2)14-20(16-26-17)18-4-6-22(7-5-18)28-10-8-25-9-11-28/h4-7,12-16,25,27H,8-11H2,1-3H3. The van der Waals surface area contributed by atoms with Crippen molar-refractivity contribution in [2.24, 2.45) is 0 Å². The summed E-state index contributed by atoms with van der Waals surface area (Å²) >= 11 is 0. The Hall–Kier alpha value is -3.10. The lowest BCUT2D eigenvalue weighted by Crippen LogP contribution is -2.43. The topological polar surface area (TPSA) is 83.6 Å². The zero-order valence-electron chi connectivity index (χ0n) is 18.6. The van der Waals surface area contributed by atoms with Crippen LogP contribution in [0.15, 0.2) is 54.7 Å². The molecule has 1 aromatic heterocycles. The number of nitrogens with zero attached hydrogens (tertiary/aromatic N) is 2. The number of hydrogen-bond donors (Lipinski definition) is 2. The Bertz CT molecular complexity index is 1200. The smallest absolute Gasteiger partial charge is 0.229 e. The highest BCUT2D eigenvalue weighted by Gasteiger charge is 2.13. The molecule has 4 rings (SSSR count). The Morgan fingerprint density at radius 1 is 1.00 bits per heavy atom. The van der Waals surface area contributed by atoms with E-state index < -0.39 is 10.0 Å². The van der Waals surface area contributed by atoms with Gasteiger partial charge in [-0.1, -0.05) is 12.1 Å². The van der Waals surface area contributed by atoms with Crippen LogP contribution in [0.5, 0.6) is 5.75 Å². The largest absolute Gasteiger partial charge is 0.497 e. The molecule has 0 atom stereocenters. The van der Waals surface area contributed by atoms with Crippen LogP contribution in [-0.4, -0.2) is 52.9 Å². The minimum atomic E-state index is -3.40. The Morgan fingerprint density at radius 2 is 1.72 bits per heavy atom. The van der Waals surface area contributed by atoms with E-state index in [0.29, 0.717) is 11.4 Å². The summed E-state index contributed by atoms with van der Waals surface area (Å²) < 4.78 is 31.4. The molecule has 0 aliphatic carbocycles. The molecule has 0 radical (unpaired) electrons. The lowest BCUT2D eigenvalue weighted by Gasteiger charge is -2.29. The van der Waals surface area contributed by atoms with Crippen LogP contribution in [0.2, 0.25) is 0 Å². The molecule has 32 heavy (non-hydrogen) atoms. The molecule has 3 aromatic rings. The molecular formula is C24H28N4O3S. The number of rotatable bonds is 6. The number of anilines is 2. The highest BCUT2D eigenvalue weighted by molar-refractivity contribution is 7.92. The van der Waals surface area contributed by atoms with E-state index in [1.54, 1.807) is 19.2 Å². The minimum Gasteiger partial charge on any atom is -0.497 e. The Morgan fingerprint density at radius 3 is 2.38 bits per heavy atom. The molecule has 7 nitrogen and oxygen atoms in total. The maximum Gasteiger partial charge on any atom is 0.229 e. The van der Waals surface area contributed by atoms with E-state index in [1.807, 2.05) is 19.2 Å². The molecular weight excluding hydrogens is 424 g/mol. The molecule has 1 aliphatic heterocycles. The minimum absolute atomic E-state index is 0.451. The van der Waals surface area contributed by atoms with Crippen LogP contribution in [0, 0.1) is 6.92 Å². The SMILES string of the molecule is COc1cc(NS(C)(=O)=O)cc(-c2cc(-c3ccc(N4CCNCC4)cc3)cnc2C)c1. The van der Waals surface area contributed by atoms with Crippen molar-refractivity contribution in [3.8, 4) is 28.0 Å². The Balaban J connectivity index is 1.68. The monoisotopic (exact) mass is 452 g/mol. The number of nitrogens with one attached hydrogen (secondary N) is 2. The Kier molecular flexibility index (Phi) is 6.34. The normalized spacial score (nSPS) is 14.3. The molecule has 2 N–H and O–H groups in total. The molecule has 2 heterocycles. The van der Waals surface area contributed by atoms with Gasteiger partial charge in [0.2, 0.25) is 10.0 Å². The van der Waals surface area contributed by atoms with E-state index in [4.69, 9.17) is 4.74 Å². The van der Waals surface area contributed by atoms with Gasteiger partial charge in [-0.05, 0) is 48.4 Å². The molecule has 1 fully saturated rings. The van der Waals surface area contributed by atoms with Gasteiger partial charge in [-0.3, -0.25) is 9.71 Å². The van der Waals surface area contributed by atoms with E-state index in [2.05, 4.69) is 50.3 Å². The number of sulfonamides is 1. The third-order valence-corrected chi connectivity index (χ3v) is 6.13. The van der Waals surface area contributed by atoms with Crippen molar-refractivity contribution in [2.75, 3.05) is 49.2 Å². The van der Waals surface area contributed by atoms with Gasteiger partial charge in [0.15, 0.2) is 0 Å². The third-order valence-electron chi connectivity index (χ3n) is 5.53. The fourth-order valence-corrected chi connectivity index (χ4v) is 4.46. The molecule has 0 saturated carbocycles. The quantitative estimate of drug-likeness (QED) is 0.596. The zero-order valence-corrected chi connectivity index (χ0v) is 19.4. The average Bonchev–Trinajstić information content (AvgIpc) is 2.79. The number of benzene rings is 2. The second kappa shape index (κ2) is 9.18. The molecule has 0 amide bonds. The van der Waals surface area contributed by atoms with Gasteiger partial charge < -0.3 is 15.0 Å². The predicted molar refractivity (Wildman–Crippen MR) is 130 cm³/mol. The number of piperazine rings is 1. The summed E-state index contributed by atoms with van der Waals surface area (Å²) in [7, 11) is -1.84. The number of ether oxygens (including phenoxy) is 1. The average molecular weight is 453 g/mol. The maximum absolute atomic E-state index is 11.7. The number of hydrogen-bond acceptors (Lipinski definition) is 6. The summed E-state index contributed by atoms with van der Waals surface area (Å²) in [6.07, 6.45) is 3.00. The highest BCUT2D eigenvalue weighted by Crippen LogP contribution is 2.33. The molecule has 1 saturated heterocycles. The molecule has 0 bridgehead atoms. The van der Waals surface area contributed by atoms with Crippen molar-refractivity contribution in [1.82, 2.24) is 10.3 Å². The van der Waals surface area contributed by atoms with E-state index in [1.165, 1.54) is 5.69 Å². The van der Waals surface area contributed by atoms with Crippen LogP contribution in [0.4, 0.5) is 11.4 Å². The Labute approximate surface area is 189 Å². The summed E-state index contributed by atoms with van der Waals surface area (Å²) in [5.41, 5.74) is 6.36. The van der Waals surface area contributed by atoms with E-state index in [-0.39, 0.29) is 0 Å². The predicted octanol–water partition coefficient (Wildman–Crippen LogP) is 3.51. The first-order chi connectivity index (χ1) is 15.3. The second-order valence-electron chi connectivity index (χ2n) is 7.97. The summed E-state index contributed by atoms with van der Waals surface area (Å²) in [5.74, 6) is 0.568. The highest BCUT2D eigenvalue weighted by atomic mass is 32.2. The molecule has 8 heteroatoms. The lowest BCUT2D eigenvalue weighted by atomic mass is 9.98. The van der Waals surface area contributed by atoms with Crippen LogP contribution in [0.3, 0.4) is 0 Å². The van der Waals surface area contributed by atoms with E-state index in [0.717, 1.165) is 60.4 Å². The number of methoxy groups -OCH3 is 1. The van der Waals surface area contributed by atoms with Gasteiger partial charge in [-0.15, -0.1) is 0 Å².